The number of piperidine rings is 1. The molecule has 11 rings (SSSR count). The van der Waals surface area contributed by atoms with Gasteiger partial charge in [-0.25, -0.2) is 23.4 Å². The third-order valence-corrected chi connectivity index (χ3v) is 17.4. The summed E-state index contributed by atoms with van der Waals surface area (Å²) in [5, 5.41) is 0. The fraction of sp³-hybridized carbons (Fsp3) is 0.312. The van der Waals surface area contributed by atoms with Crippen molar-refractivity contribution < 1.29 is 103 Å². The Hall–Kier alpha value is -9.54. The van der Waals surface area contributed by atoms with Gasteiger partial charge in [-0.15, -0.1) is 0 Å². The van der Waals surface area contributed by atoms with Gasteiger partial charge in [-0.2, -0.15) is 8.42 Å². The molecule has 24 heteroatoms. The van der Waals surface area contributed by atoms with Crippen LogP contribution in [0.25, 0.3) is 0 Å². The molecule has 101 heavy (non-hydrogen) atoms. The fourth-order valence-electron chi connectivity index (χ4n) is 12.0. The van der Waals surface area contributed by atoms with Crippen molar-refractivity contribution in [1.82, 2.24) is 4.90 Å². The van der Waals surface area contributed by atoms with Crippen molar-refractivity contribution in [1.29, 1.82) is 0 Å². The van der Waals surface area contributed by atoms with Crippen LogP contribution in [0.15, 0.2) is 243 Å². The molecule has 0 radical (unpaired) electrons. The van der Waals surface area contributed by atoms with E-state index in [1.807, 2.05) is 121 Å². The summed E-state index contributed by atoms with van der Waals surface area (Å²) in [5.41, 5.74) is 3.62. The quantitative estimate of drug-likeness (QED) is 0.0259. The monoisotopic (exact) mass is 1400 g/mol. The Morgan fingerprint density at radius 2 is 0.832 bits per heavy atom. The van der Waals surface area contributed by atoms with Crippen molar-refractivity contribution >= 4 is 40.4 Å². The number of carbonyl (C=O) groups is 5. The summed E-state index contributed by atoms with van der Waals surface area (Å²) in [6.45, 7) is 0.892. The number of amides is 1. The molecule has 23 nitrogen and oxygen atoms in total. The van der Waals surface area contributed by atoms with Gasteiger partial charge in [0.15, 0.2) is 30.9 Å². The maximum absolute atomic E-state index is 15.3. The maximum Gasteiger partial charge on any atom is 0.410 e. The summed E-state index contributed by atoms with van der Waals surface area (Å²) in [7, 11) is -5.71. The summed E-state index contributed by atoms with van der Waals surface area (Å²) in [6.07, 6.45) is -22.5. The highest BCUT2D eigenvalue weighted by Gasteiger charge is 2.59. The number of nitrogens with zero attached hydrogens (tertiary/aromatic N) is 1. The van der Waals surface area contributed by atoms with Gasteiger partial charge >= 0.3 is 40.4 Å². The number of ether oxygens (including phenoxy) is 13. The highest BCUT2D eigenvalue weighted by atomic mass is 32.3. The normalized spacial score (nSPS) is 24.3. The van der Waals surface area contributed by atoms with E-state index in [2.05, 4.69) is 0 Å². The smallest absolute Gasteiger partial charge is 0.410 e. The summed E-state index contributed by atoms with van der Waals surface area (Å²) in [4.78, 5) is 73.6. The topological polar surface area (TPSA) is 272 Å². The molecule has 8 aromatic rings. The minimum Gasteiger partial charge on any atom is -0.459 e. The number of hydrogen-bond acceptors (Lipinski definition) is 21. The first kappa shape index (κ1) is 72.7. The average molecular weight is 1400 g/mol. The highest BCUT2D eigenvalue weighted by Crippen LogP contribution is 2.39. The predicted octanol–water partition coefficient (Wildman–Crippen LogP) is 10.6. The Balaban J connectivity index is 1.07. The van der Waals surface area contributed by atoms with Crippen molar-refractivity contribution in [3.63, 3.8) is 0 Å². The Labute approximate surface area is 584 Å². The first-order valence-corrected chi connectivity index (χ1v) is 34.2. The lowest BCUT2D eigenvalue weighted by Gasteiger charge is -2.52. The van der Waals surface area contributed by atoms with E-state index in [1.165, 1.54) is 65.6 Å². The SMILES string of the molecule is CC(=O)O[C@H]1CN(C(=O)OCc2ccccc2)[C@H](COCc2ccccc2)[C@@H](O[C@@H]2O[C@H](COC(=O)c3ccccc3)[C@H](OC(=O)c3ccccc3)[C@H](OS(=O)(=O)O)[C@H]2OC(=O)c2ccccc2)[C@@H]1O[C@H]1O[C@H](C)[C@H](OCc2ccccc2)[C@H](OCc2ccccc2)[C@H]1OCc1ccccc1. The molecule has 3 fully saturated rings. The number of esters is 4. The van der Waals surface area contributed by atoms with Gasteiger partial charge in [-0.3, -0.25) is 14.2 Å². The molecule has 0 bridgehead atoms. The molecule has 8 aromatic carbocycles. The van der Waals surface area contributed by atoms with Crippen LogP contribution in [0.2, 0.25) is 0 Å². The summed E-state index contributed by atoms with van der Waals surface area (Å²) < 4.78 is 130. The summed E-state index contributed by atoms with van der Waals surface area (Å²) in [6, 6.07) is 67.4. The zero-order chi connectivity index (χ0) is 70.5. The van der Waals surface area contributed by atoms with Crippen molar-refractivity contribution in [2.45, 2.75) is 133 Å². The van der Waals surface area contributed by atoms with E-state index in [1.54, 1.807) is 67.6 Å². The van der Waals surface area contributed by atoms with Crippen LogP contribution >= 0.6 is 0 Å². The van der Waals surface area contributed by atoms with Gasteiger partial charge in [0.05, 0.1) is 68.4 Å². The molecule has 0 aliphatic carbocycles. The highest BCUT2D eigenvalue weighted by molar-refractivity contribution is 7.80. The minimum atomic E-state index is -5.71. The van der Waals surface area contributed by atoms with Crippen molar-refractivity contribution in [3.05, 3.63) is 287 Å². The van der Waals surface area contributed by atoms with E-state index in [0.29, 0.717) is 11.1 Å². The third kappa shape index (κ3) is 20.4. The molecule has 1 amide bonds. The van der Waals surface area contributed by atoms with Crippen LogP contribution in [-0.2, 0) is 114 Å². The molecule has 3 heterocycles. The Bertz CT molecular complexity index is 4030. The van der Waals surface area contributed by atoms with Crippen molar-refractivity contribution in [2.75, 3.05) is 19.8 Å². The van der Waals surface area contributed by atoms with E-state index >= 15 is 4.79 Å². The van der Waals surface area contributed by atoms with Gasteiger partial charge < -0.3 is 61.6 Å². The molecular weight excluding hydrogens is 1320 g/mol. The maximum atomic E-state index is 15.3. The first-order valence-electron chi connectivity index (χ1n) is 32.9. The molecule has 3 aliphatic heterocycles. The third-order valence-electron chi connectivity index (χ3n) is 16.9. The second kappa shape index (κ2) is 35.7. The average Bonchev–Trinajstić information content (AvgIpc) is 0.758. The first-order chi connectivity index (χ1) is 49.1. The predicted molar refractivity (Wildman–Crippen MR) is 361 cm³/mol. The lowest BCUT2D eigenvalue weighted by atomic mass is 9.92. The fourth-order valence-corrected chi connectivity index (χ4v) is 12.5. The standard InChI is InChI=1S/C77H77NO22S/c1-51-64(88-45-54-29-13-4-14-30-54)68(89-46-55-31-15-5-16-32-55)70(90-47-56-33-17-6-18-34-56)75(93-51)99-66-62(94-52(2)79)43-78(77(83)92-48-57-35-19-7-20-36-57)61(49-87-44-53-27-11-3-12-28-53)65(66)98-76-71(97-74(82)60-41-25-10-26-42-60)69(100-101(84,85)86)67(96-73(81)59-39-23-9-24-40-59)63(95-76)50-91-72(80)58-37-21-8-22-38-58/h3-42,51,61-71,75-76H,43-50H2,1-2H3,(H,84,85,86)/t51-,61-,62+,63-,64+,65-,66-,67+,68+,69+,70-,71-,75-,76+/m1/s1. The van der Waals surface area contributed by atoms with Gasteiger partial charge in [0, 0.05) is 6.92 Å². The molecule has 3 aliphatic rings. The Kier molecular flexibility index (Phi) is 25.7. The van der Waals surface area contributed by atoms with Crippen LogP contribution < -0.4 is 0 Å². The summed E-state index contributed by atoms with van der Waals surface area (Å²) >= 11 is 0. The van der Waals surface area contributed by atoms with Gasteiger partial charge in [-0.1, -0.05) is 206 Å². The van der Waals surface area contributed by atoms with Crippen LogP contribution in [0.4, 0.5) is 4.79 Å². The number of rotatable bonds is 29. The zero-order valence-electron chi connectivity index (χ0n) is 55.2. The van der Waals surface area contributed by atoms with Crippen LogP contribution in [-0.4, -0.2) is 153 Å². The van der Waals surface area contributed by atoms with E-state index in [9.17, 15) is 32.1 Å². The van der Waals surface area contributed by atoms with Crippen LogP contribution in [0.3, 0.4) is 0 Å². The number of likely N-dealkylation sites (tertiary alicyclic amines) is 1. The number of benzene rings is 8. The van der Waals surface area contributed by atoms with E-state index in [0.717, 1.165) is 23.6 Å². The second-order valence-electron chi connectivity index (χ2n) is 24.1. The molecule has 0 spiro atoms. The van der Waals surface area contributed by atoms with E-state index < -0.39 is 146 Å². The van der Waals surface area contributed by atoms with E-state index in [-0.39, 0.29) is 49.7 Å². The lowest BCUT2D eigenvalue weighted by Crippen LogP contribution is -2.70. The molecule has 14 atom stereocenters. The molecule has 0 aromatic heterocycles. The Morgan fingerprint density at radius 3 is 1.31 bits per heavy atom. The summed E-state index contributed by atoms with van der Waals surface area (Å²) in [5.74, 6) is -4.01. The zero-order valence-corrected chi connectivity index (χ0v) is 56.0. The molecular formula is C77H77NO22S. The molecule has 528 valence electrons. The molecule has 0 unspecified atom stereocenters. The van der Waals surface area contributed by atoms with Gasteiger partial charge in [0.1, 0.15) is 55.9 Å². The van der Waals surface area contributed by atoms with Gasteiger partial charge in [-0.05, 0) is 71.1 Å². The van der Waals surface area contributed by atoms with Gasteiger partial charge in [0.25, 0.3) is 0 Å². The van der Waals surface area contributed by atoms with E-state index in [4.69, 9.17) is 65.8 Å². The number of carbonyl (C=O) groups excluding carboxylic acids is 5. The van der Waals surface area contributed by atoms with Crippen molar-refractivity contribution in [3.8, 4) is 0 Å². The molecule has 3 saturated heterocycles. The minimum absolute atomic E-state index is 0.0412. The molecule has 1 N–H and O–H groups in total. The molecule has 0 saturated carbocycles. The van der Waals surface area contributed by atoms with Crippen LogP contribution in [0.5, 0.6) is 0 Å². The Morgan fingerprint density at radius 1 is 0.426 bits per heavy atom. The lowest BCUT2D eigenvalue weighted by molar-refractivity contribution is -0.361. The number of hydrogen-bond donors (Lipinski definition) is 1. The van der Waals surface area contributed by atoms with Gasteiger partial charge in [0.2, 0.25) is 0 Å². The van der Waals surface area contributed by atoms with Crippen LogP contribution in [0.1, 0.15) is 72.7 Å². The second-order valence-corrected chi connectivity index (χ2v) is 25.1. The van der Waals surface area contributed by atoms with Crippen molar-refractivity contribution in [2.24, 2.45) is 0 Å². The largest absolute Gasteiger partial charge is 0.459 e. The van der Waals surface area contributed by atoms with Crippen LogP contribution in [0, 0.1) is 0 Å².